The van der Waals surface area contributed by atoms with E-state index in [9.17, 15) is 5.11 Å². The fourth-order valence-corrected chi connectivity index (χ4v) is 3.20. The van der Waals surface area contributed by atoms with Crippen LogP contribution in [-0.2, 0) is 9.47 Å². The molecule has 0 aromatic carbocycles. The molecule has 1 heterocycles. The summed E-state index contributed by atoms with van der Waals surface area (Å²) in [5.74, 6) is 1.11. The van der Waals surface area contributed by atoms with Gasteiger partial charge in [0.2, 0.25) is 0 Å². The highest BCUT2D eigenvalue weighted by molar-refractivity contribution is 7.99. The van der Waals surface area contributed by atoms with Gasteiger partial charge in [-0.05, 0) is 12.8 Å². The molecule has 1 saturated carbocycles. The number of hydrogen-bond acceptors (Lipinski definition) is 5. The Balaban J connectivity index is 1.65. The van der Waals surface area contributed by atoms with Gasteiger partial charge in [0, 0.05) is 24.3 Å². The van der Waals surface area contributed by atoms with Gasteiger partial charge >= 0.3 is 0 Å². The fraction of sp³-hybridized carbons (Fsp3) is 1.00. The summed E-state index contributed by atoms with van der Waals surface area (Å²) in [4.78, 5) is 0. The highest BCUT2D eigenvalue weighted by Gasteiger charge is 2.43. The molecule has 2 unspecified atom stereocenters. The van der Waals surface area contributed by atoms with Gasteiger partial charge in [-0.3, -0.25) is 0 Å². The van der Waals surface area contributed by atoms with Crippen LogP contribution in [0.4, 0.5) is 0 Å². The number of aliphatic hydroxyl groups excluding tert-OH is 2. The van der Waals surface area contributed by atoms with E-state index in [4.69, 9.17) is 14.6 Å². The molecule has 2 N–H and O–H groups in total. The first-order valence-electron chi connectivity index (χ1n) is 5.92. The molecule has 0 radical (unpaired) electrons. The Bertz CT molecular complexity index is 218. The van der Waals surface area contributed by atoms with Crippen LogP contribution in [-0.4, -0.2) is 52.9 Å². The van der Waals surface area contributed by atoms with E-state index in [1.807, 2.05) is 0 Å². The van der Waals surface area contributed by atoms with Gasteiger partial charge < -0.3 is 19.7 Å². The van der Waals surface area contributed by atoms with Crippen LogP contribution in [0.1, 0.15) is 25.7 Å². The van der Waals surface area contributed by atoms with Crippen LogP contribution in [0.25, 0.3) is 0 Å². The van der Waals surface area contributed by atoms with E-state index in [0.29, 0.717) is 12.4 Å². The largest absolute Gasteiger partial charge is 0.394 e. The van der Waals surface area contributed by atoms with Gasteiger partial charge in [-0.1, -0.05) is 0 Å². The lowest BCUT2D eigenvalue weighted by molar-refractivity contribution is -0.159. The van der Waals surface area contributed by atoms with Crippen molar-refractivity contribution in [3.63, 3.8) is 0 Å². The van der Waals surface area contributed by atoms with Crippen molar-refractivity contribution in [3.05, 3.63) is 0 Å². The van der Waals surface area contributed by atoms with Crippen LogP contribution in [0, 0.1) is 0 Å². The molecule has 2 fully saturated rings. The summed E-state index contributed by atoms with van der Waals surface area (Å²) in [6.45, 7) is 0.501. The molecular weight excluding hydrogens is 228 g/mol. The third kappa shape index (κ3) is 3.11. The molecule has 0 amide bonds. The highest BCUT2D eigenvalue weighted by atomic mass is 32.2. The summed E-state index contributed by atoms with van der Waals surface area (Å²) in [7, 11) is 0. The Hall–Kier alpha value is 0.190. The number of rotatable bonds is 5. The van der Waals surface area contributed by atoms with Gasteiger partial charge in [0.15, 0.2) is 5.79 Å². The molecule has 1 aliphatic heterocycles. The zero-order chi connectivity index (χ0) is 11.4. The summed E-state index contributed by atoms with van der Waals surface area (Å²) in [6, 6.07) is 0. The Morgan fingerprint density at radius 3 is 2.81 bits per heavy atom. The average molecular weight is 248 g/mol. The van der Waals surface area contributed by atoms with E-state index in [-0.39, 0.29) is 18.5 Å². The molecule has 94 valence electrons. The van der Waals surface area contributed by atoms with Gasteiger partial charge in [0.25, 0.3) is 0 Å². The number of hydrogen-bond donors (Lipinski definition) is 2. The topological polar surface area (TPSA) is 58.9 Å². The maximum Gasteiger partial charge on any atom is 0.168 e. The van der Waals surface area contributed by atoms with E-state index < -0.39 is 6.10 Å². The Kier molecular flexibility index (Phi) is 4.49. The molecule has 2 aliphatic rings. The monoisotopic (exact) mass is 248 g/mol. The molecule has 16 heavy (non-hydrogen) atoms. The second kappa shape index (κ2) is 5.69. The predicted molar refractivity (Wildman–Crippen MR) is 62.4 cm³/mol. The van der Waals surface area contributed by atoms with Crippen LogP contribution < -0.4 is 0 Å². The molecule has 4 nitrogen and oxygen atoms in total. The lowest BCUT2D eigenvalue weighted by Crippen LogP contribution is -2.27. The van der Waals surface area contributed by atoms with Crippen molar-refractivity contribution in [2.75, 3.05) is 24.7 Å². The summed E-state index contributed by atoms with van der Waals surface area (Å²) >= 11 is 1.61. The first kappa shape index (κ1) is 12.6. The summed E-state index contributed by atoms with van der Waals surface area (Å²) in [5, 5.41) is 17.9. The number of ether oxygens (including phenoxy) is 2. The number of thioether (sulfide) groups is 1. The van der Waals surface area contributed by atoms with Crippen LogP contribution >= 0.6 is 11.8 Å². The van der Waals surface area contributed by atoms with Gasteiger partial charge in [0.05, 0.1) is 25.4 Å². The molecule has 0 aromatic heterocycles. The number of aliphatic hydroxyl groups is 2. The lowest BCUT2D eigenvalue weighted by atomic mass is 10.2. The normalized spacial score (nSPS) is 30.0. The first-order valence-corrected chi connectivity index (χ1v) is 7.08. The summed E-state index contributed by atoms with van der Waals surface area (Å²) in [6.07, 6.45) is 3.97. The van der Waals surface area contributed by atoms with Gasteiger partial charge in [-0.15, -0.1) is 0 Å². The van der Waals surface area contributed by atoms with E-state index in [2.05, 4.69) is 0 Å². The minimum absolute atomic E-state index is 0.147. The summed E-state index contributed by atoms with van der Waals surface area (Å²) < 4.78 is 11.7. The average Bonchev–Trinajstić information content (AvgIpc) is 2.90. The molecule has 1 spiro atoms. The molecular formula is C11H20O4S. The summed E-state index contributed by atoms with van der Waals surface area (Å²) in [5.41, 5.74) is 0. The van der Waals surface area contributed by atoms with E-state index in [1.54, 1.807) is 11.8 Å². The third-order valence-electron chi connectivity index (χ3n) is 3.10. The van der Waals surface area contributed by atoms with Crippen LogP contribution in [0.3, 0.4) is 0 Å². The molecule has 2 rings (SSSR count). The molecule has 0 aromatic rings. The van der Waals surface area contributed by atoms with E-state index >= 15 is 0 Å². The lowest BCUT2D eigenvalue weighted by Gasteiger charge is -2.21. The van der Waals surface area contributed by atoms with Crippen molar-refractivity contribution in [1.29, 1.82) is 0 Å². The van der Waals surface area contributed by atoms with Gasteiger partial charge in [-0.2, -0.15) is 11.8 Å². The predicted octanol–water partition coefficient (Wildman–Crippen LogP) is 0.758. The van der Waals surface area contributed by atoms with Gasteiger partial charge in [-0.25, -0.2) is 0 Å². The SMILES string of the molecule is OCC(O)CSCC1COC2(CCCC2)O1. The van der Waals surface area contributed by atoms with Crippen LogP contribution in [0.2, 0.25) is 0 Å². The van der Waals surface area contributed by atoms with Crippen molar-refractivity contribution in [3.8, 4) is 0 Å². The van der Waals surface area contributed by atoms with Crippen molar-refractivity contribution >= 4 is 11.8 Å². The quantitative estimate of drug-likeness (QED) is 0.752. The van der Waals surface area contributed by atoms with Crippen molar-refractivity contribution in [2.45, 2.75) is 43.7 Å². The minimum atomic E-state index is -0.618. The molecule has 5 heteroatoms. The maximum absolute atomic E-state index is 9.19. The molecule has 0 bridgehead atoms. The zero-order valence-corrected chi connectivity index (χ0v) is 10.2. The molecule has 2 atom stereocenters. The van der Waals surface area contributed by atoms with E-state index in [0.717, 1.165) is 18.6 Å². The Morgan fingerprint density at radius 1 is 1.38 bits per heavy atom. The Morgan fingerprint density at radius 2 is 2.12 bits per heavy atom. The standard InChI is InChI=1S/C11H20O4S/c12-5-9(13)7-16-8-10-6-14-11(15-10)3-1-2-4-11/h9-10,12-13H,1-8H2. The third-order valence-corrected chi connectivity index (χ3v) is 4.33. The fourth-order valence-electron chi connectivity index (χ4n) is 2.26. The van der Waals surface area contributed by atoms with Crippen LogP contribution in [0.15, 0.2) is 0 Å². The van der Waals surface area contributed by atoms with Crippen LogP contribution in [0.5, 0.6) is 0 Å². The van der Waals surface area contributed by atoms with E-state index in [1.165, 1.54) is 12.8 Å². The second-order valence-corrected chi connectivity index (χ2v) is 5.62. The zero-order valence-electron chi connectivity index (χ0n) is 9.43. The highest BCUT2D eigenvalue weighted by Crippen LogP contribution is 2.39. The Labute approximate surface area is 100 Å². The van der Waals surface area contributed by atoms with Crippen molar-refractivity contribution in [2.24, 2.45) is 0 Å². The maximum atomic E-state index is 9.19. The first-order chi connectivity index (χ1) is 7.74. The van der Waals surface area contributed by atoms with Crippen molar-refractivity contribution < 1.29 is 19.7 Å². The van der Waals surface area contributed by atoms with Crippen molar-refractivity contribution in [1.82, 2.24) is 0 Å². The molecule has 1 saturated heterocycles. The minimum Gasteiger partial charge on any atom is -0.394 e. The molecule has 1 aliphatic carbocycles. The second-order valence-electron chi connectivity index (χ2n) is 4.54. The smallest absolute Gasteiger partial charge is 0.168 e. The van der Waals surface area contributed by atoms with Gasteiger partial charge in [0.1, 0.15) is 0 Å².